The third-order valence-corrected chi connectivity index (χ3v) is 3.46. The molecule has 0 saturated heterocycles. The molecule has 0 unspecified atom stereocenters. The van der Waals surface area contributed by atoms with Crippen LogP contribution >= 0.6 is 0 Å². The average Bonchev–Trinajstić information content (AvgIpc) is 2.53. The summed E-state index contributed by atoms with van der Waals surface area (Å²) in [5, 5.41) is 1.13. The van der Waals surface area contributed by atoms with Crippen LogP contribution in [0.15, 0.2) is 60.8 Å². The van der Waals surface area contributed by atoms with Gasteiger partial charge in [0.1, 0.15) is 12.4 Å². The fourth-order valence-corrected chi connectivity index (χ4v) is 2.27. The van der Waals surface area contributed by atoms with Crippen molar-refractivity contribution < 1.29 is 4.74 Å². The second-order valence-corrected chi connectivity index (χ2v) is 5.18. The van der Waals surface area contributed by atoms with Gasteiger partial charge in [0.2, 0.25) is 0 Å². The van der Waals surface area contributed by atoms with E-state index in [2.05, 4.69) is 17.1 Å². The normalized spacial score (nSPS) is 12.3. The fourth-order valence-electron chi connectivity index (χ4n) is 2.27. The molecular weight excluding hydrogens is 260 g/mol. The van der Waals surface area contributed by atoms with Crippen molar-refractivity contribution >= 4 is 10.9 Å². The summed E-state index contributed by atoms with van der Waals surface area (Å²) in [5.74, 6) is 0.844. The van der Waals surface area contributed by atoms with Crippen LogP contribution in [0.4, 0.5) is 0 Å². The molecule has 0 aliphatic rings. The highest BCUT2D eigenvalue weighted by molar-refractivity contribution is 5.78. The topological polar surface area (TPSA) is 48.1 Å². The summed E-state index contributed by atoms with van der Waals surface area (Å²) < 4.78 is 5.86. The molecule has 0 saturated carbocycles. The van der Waals surface area contributed by atoms with Gasteiger partial charge in [0.05, 0.1) is 5.52 Å². The Balaban J connectivity index is 1.75. The average molecular weight is 278 g/mol. The summed E-state index contributed by atoms with van der Waals surface area (Å²) in [6.07, 6.45) is 1.80. The molecule has 1 heterocycles. The van der Waals surface area contributed by atoms with Crippen LogP contribution in [-0.2, 0) is 6.61 Å². The maximum absolute atomic E-state index is 5.89. The Bertz CT molecular complexity index is 753. The van der Waals surface area contributed by atoms with Gasteiger partial charge in [0, 0.05) is 17.6 Å². The largest absolute Gasteiger partial charge is 0.489 e. The van der Waals surface area contributed by atoms with Gasteiger partial charge in [-0.05, 0) is 48.4 Å². The molecule has 2 aromatic carbocycles. The van der Waals surface area contributed by atoms with Crippen LogP contribution in [0.25, 0.3) is 10.9 Å². The number of fused-ring (bicyclic) bond motifs is 1. The molecule has 21 heavy (non-hydrogen) atoms. The van der Waals surface area contributed by atoms with Crippen molar-refractivity contribution in [3.63, 3.8) is 0 Å². The first kappa shape index (κ1) is 13.6. The van der Waals surface area contributed by atoms with E-state index < -0.39 is 0 Å². The van der Waals surface area contributed by atoms with Crippen molar-refractivity contribution in [2.45, 2.75) is 19.6 Å². The minimum Gasteiger partial charge on any atom is -0.489 e. The van der Waals surface area contributed by atoms with E-state index in [0.29, 0.717) is 6.61 Å². The van der Waals surface area contributed by atoms with Crippen molar-refractivity contribution in [3.05, 3.63) is 71.9 Å². The highest BCUT2D eigenvalue weighted by Crippen LogP contribution is 2.20. The van der Waals surface area contributed by atoms with Crippen molar-refractivity contribution in [2.75, 3.05) is 0 Å². The maximum atomic E-state index is 5.89. The Labute approximate surface area is 124 Å². The zero-order valence-electron chi connectivity index (χ0n) is 12.0. The van der Waals surface area contributed by atoms with Crippen LogP contribution in [-0.4, -0.2) is 4.98 Å². The van der Waals surface area contributed by atoms with E-state index >= 15 is 0 Å². The molecule has 0 spiro atoms. The van der Waals surface area contributed by atoms with Crippen LogP contribution < -0.4 is 10.5 Å². The van der Waals surface area contributed by atoms with E-state index in [1.807, 2.05) is 49.4 Å². The van der Waals surface area contributed by atoms with Crippen LogP contribution in [0, 0.1) is 0 Å². The first-order valence-corrected chi connectivity index (χ1v) is 7.04. The van der Waals surface area contributed by atoms with Crippen LogP contribution in [0.2, 0.25) is 0 Å². The molecule has 1 aromatic heterocycles. The predicted octanol–water partition coefficient (Wildman–Crippen LogP) is 3.83. The number of hydrogen-bond acceptors (Lipinski definition) is 3. The lowest BCUT2D eigenvalue weighted by atomic mass is 10.1. The molecule has 0 aliphatic carbocycles. The SMILES string of the molecule is C[C@@H](N)c1cccc(OCc2ccc3ncccc3c2)c1. The Morgan fingerprint density at radius 1 is 1.10 bits per heavy atom. The maximum Gasteiger partial charge on any atom is 0.120 e. The fraction of sp³-hybridized carbons (Fsp3) is 0.167. The van der Waals surface area contributed by atoms with Gasteiger partial charge in [-0.1, -0.05) is 24.3 Å². The molecule has 3 rings (SSSR count). The van der Waals surface area contributed by atoms with Gasteiger partial charge < -0.3 is 10.5 Å². The van der Waals surface area contributed by atoms with Crippen LogP contribution in [0.5, 0.6) is 5.75 Å². The van der Waals surface area contributed by atoms with Crippen LogP contribution in [0.3, 0.4) is 0 Å². The Kier molecular flexibility index (Phi) is 3.84. The molecule has 3 nitrogen and oxygen atoms in total. The zero-order chi connectivity index (χ0) is 14.7. The Hall–Kier alpha value is -2.39. The lowest BCUT2D eigenvalue weighted by Gasteiger charge is -2.10. The molecule has 1 atom stereocenters. The number of nitrogens with zero attached hydrogens (tertiary/aromatic N) is 1. The lowest BCUT2D eigenvalue weighted by molar-refractivity contribution is 0.306. The van der Waals surface area contributed by atoms with Crippen LogP contribution in [0.1, 0.15) is 24.1 Å². The summed E-state index contributed by atoms with van der Waals surface area (Å²) in [4.78, 5) is 4.32. The predicted molar refractivity (Wildman–Crippen MR) is 85.1 cm³/mol. The van der Waals surface area contributed by atoms with E-state index in [1.54, 1.807) is 6.20 Å². The number of pyridine rings is 1. The monoisotopic (exact) mass is 278 g/mol. The van der Waals surface area contributed by atoms with Gasteiger partial charge in [-0.3, -0.25) is 4.98 Å². The van der Waals surface area contributed by atoms with Gasteiger partial charge in [0.25, 0.3) is 0 Å². The Morgan fingerprint density at radius 2 is 2.00 bits per heavy atom. The zero-order valence-corrected chi connectivity index (χ0v) is 12.0. The molecule has 3 heteroatoms. The number of rotatable bonds is 4. The second kappa shape index (κ2) is 5.94. The molecule has 3 aromatic rings. The molecule has 0 fully saturated rings. The summed E-state index contributed by atoms with van der Waals surface area (Å²) in [6, 6.07) is 18.1. The number of aromatic nitrogens is 1. The van der Waals surface area contributed by atoms with E-state index in [0.717, 1.165) is 27.8 Å². The molecule has 0 amide bonds. The molecule has 106 valence electrons. The second-order valence-electron chi connectivity index (χ2n) is 5.18. The van der Waals surface area contributed by atoms with Crippen molar-refractivity contribution in [3.8, 4) is 5.75 Å². The van der Waals surface area contributed by atoms with E-state index in [1.165, 1.54) is 0 Å². The highest BCUT2D eigenvalue weighted by atomic mass is 16.5. The van der Waals surface area contributed by atoms with Crippen molar-refractivity contribution in [1.29, 1.82) is 0 Å². The van der Waals surface area contributed by atoms with Crippen molar-refractivity contribution in [2.24, 2.45) is 5.73 Å². The Morgan fingerprint density at radius 3 is 2.86 bits per heavy atom. The highest BCUT2D eigenvalue weighted by Gasteiger charge is 2.02. The molecule has 2 N–H and O–H groups in total. The summed E-state index contributed by atoms with van der Waals surface area (Å²) >= 11 is 0. The smallest absolute Gasteiger partial charge is 0.120 e. The van der Waals surface area contributed by atoms with E-state index in [4.69, 9.17) is 10.5 Å². The summed E-state index contributed by atoms with van der Waals surface area (Å²) in [7, 11) is 0. The minimum absolute atomic E-state index is 0.0142. The third-order valence-electron chi connectivity index (χ3n) is 3.46. The number of hydrogen-bond donors (Lipinski definition) is 1. The standard InChI is InChI=1S/C18H18N2O/c1-13(19)15-4-2-6-17(11-15)21-12-14-7-8-18-16(10-14)5-3-9-20-18/h2-11,13H,12,19H2,1H3/t13-/m1/s1. The molecule has 0 radical (unpaired) electrons. The minimum atomic E-state index is 0.0142. The number of nitrogens with two attached hydrogens (primary N) is 1. The van der Waals surface area contributed by atoms with Gasteiger partial charge in [-0.15, -0.1) is 0 Å². The molecule has 0 bridgehead atoms. The number of ether oxygens (including phenoxy) is 1. The van der Waals surface area contributed by atoms with E-state index in [9.17, 15) is 0 Å². The van der Waals surface area contributed by atoms with Gasteiger partial charge in [-0.2, -0.15) is 0 Å². The summed E-state index contributed by atoms with van der Waals surface area (Å²) in [6.45, 7) is 2.50. The summed E-state index contributed by atoms with van der Waals surface area (Å²) in [5.41, 5.74) is 9.10. The van der Waals surface area contributed by atoms with Gasteiger partial charge in [-0.25, -0.2) is 0 Å². The molecular formula is C18H18N2O. The van der Waals surface area contributed by atoms with Crippen molar-refractivity contribution in [1.82, 2.24) is 4.98 Å². The van der Waals surface area contributed by atoms with Gasteiger partial charge >= 0.3 is 0 Å². The first-order chi connectivity index (χ1) is 10.2. The molecule has 0 aliphatic heterocycles. The third kappa shape index (κ3) is 3.20. The number of benzene rings is 2. The lowest BCUT2D eigenvalue weighted by Crippen LogP contribution is -2.05. The van der Waals surface area contributed by atoms with Gasteiger partial charge in [0.15, 0.2) is 0 Å². The quantitative estimate of drug-likeness (QED) is 0.789. The van der Waals surface area contributed by atoms with E-state index in [-0.39, 0.29) is 6.04 Å². The first-order valence-electron chi connectivity index (χ1n) is 7.04.